The molecule has 1 aliphatic rings. The van der Waals surface area contributed by atoms with Gasteiger partial charge in [0, 0.05) is 42.3 Å². The van der Waals surface area contributed by atoms with Crippen molar-refractivity contribution in [3.63, 3.8) is 0 Å². The molecular weight excluding hydrogens is 328 g/mol. The van der Waals surface area contributed by atoms with Crippen LogP contribution in [0.3, 0.4) is 0 Å². The standard InChI is InChI=1S/C20H20N4O2/c1-26-18-5-3-2-4-16(18)13-24(17-6-7-17)20(25)15-8-9-22-19(12-15)23-11-10-21-14-23/h2-5,8-12,14,17H,6-7,13H2,1H3. The zero-order valence-electron chi connectivity index (χ0n) is 14.6. The van der Waals surface area contributed by atoms with Gasteiger partial charge in [-0.15, -0.1) is 0 Å². The first-order valence-electron chi connectivity index (χ1n) is 8.63. The maximum Gasteiger partial charge on any atom is 0.254 e. The minimum absolute atomic E-state index is 0.0159. The number of amides is 1. The highest BCUT2D eigenvalue weighted by atomic mass is 16.5. The van der Waals surface area contributed by atoms with Crippen molar-refractivity contribution < 1.29 is 9.53 Å². The quantitative estimate of drug-likeness (QED) is 0.687. The van der Waals surface area contributed by atoms with Crippen LogP contribution in [0.2, 0.25) is 0 Å². The number of pyridine rings is 1. The highest BCUT2D eigenvalue weighted by Gasteiger charge is 2.33. The van der Waals surface area contributed by atoms with Crippen LogP contribution in [0.1, 0.15) is 28.8 Å². The number of benzene rings is 1. The molecule has 1 saturated carbocycles. The summed E-state index contributed by atoms with van der Waals surface area (Å²) in [5, 5.41) is 0. The number of para-hydroxylation sites is 1. The van der Waals surface area contributed by atoms with Gasteiger partial charge in [-0.2, -0.15) is 0 Å². The fraction of sp³-hybridized carbons (Fsp3) is 0.250. The van der Waals surface area contributed by atoms with Crippen molar-refractivity contribution in [2.75, 3.05) is 7.11 Å². The molecule has 1 aromatic carbocycles. The lowest BCUT2D eigenvalue weighted by atomic mass is 10.1. The molecule has 6 heteroatoms. The lowest BCUT2D eigenvalue weighted by Gasteiger charge is -2.24. The van der Waals surface area contributed by atoms with Gasteiger partial charge in [0.15, 0.2) is 0 Å². The van der Waals surface area contributed by atoms with Crippen molar-refractivity contribution in [1.82, 2.24) is 19.4 Å². The Morgan fingerprint density at radius 2 is 2.12 bits per heavy atom. The predicted molar refractivity (Wildman–Crippen MR) is 97.2 cm³/mol. The summed E-state index contributed by atoms with van der Waals surface area (Å²) in [7, 11) is 1.66. The molecule has 0 N–H and O–H groups in total. The van der Waals surface area contributed by atoms with Gasteiger partial charge >= 0.3 is 0 Å². The molecule has 0 unspecified atom stereocenters. The third-order valence-electron chi connectivity index (χ3n) is 4.54. The molecule has 26 heavy (non-hydrogen) atoms. The van der Waals surface area contributed by atoms with E-state index in [4.69, 9.17) is 4.74 Å². The summed E-state index contributed by atoms with van der Waals surface area (Å²) in [4.78, 5) is 23.5. The Balaban J connectivity index is 1.61. The summed E-state index contributed by atoms with van der Waals surface area (Å²) < 4.78 is 7.23. The van der Waals surface area contributed by atoms with Crippen LogP contribution in [0.4, 0.5) is 0 Å². The highest BCUT2D eigenvalue weighted by Crippen LogP contribution is 2.31. The Bertz CT molecular complexity index is 904. The van der Waals surface area contributed by atoms with Crippen molar-refractivity contribution >= 4 is 5.91 Å². The third-order valence-corrected chi connectivity index (χ3v) is 4.54. The van der Waals surface area contributed by atoms with Gasteiger partial charge < -0.3 is 9.64 Å². The highest BCUT2D eigenvalue weighted by molar-refractivity contribution is 5.95. The first-order chi connectivity index (χ1) is 12.8. The fourth-order valence-electron chi connectivity index (χ4n) is 3.02. The number of aromatic nitrogens is 3. The Hall–Kier alpha value is -3.15. The van der Waals surface area contributed by atoms with Gasteiger partial charge in [-0.05, 0) is 31.0 Å². The second-order valence-electron chi connectivity index (χ2n) is 6.35. The number of ether oxygens (including phenoxy) is 1. The molecule has 2 aromatic heterocycles. The van der Waals surface area contributed by atoms with Crippen LogP contribution in [0, 0.1) is 0 Å². The monoisotopic (exact) mass is 348 g/mol. The van der Waals surface area contributed by atoms with Crippen LogP contribution in [-0.2, 0) is 6.54 Å². The van der Waals surface area contributed by atoms with Crippen LogP contribution in [0.5, 0.6) is 5.75 Å². The lowest BCUT2D eigenvalue weighted by Crippen LogP contribution is -2.32. The van der Waals surface area contributed by atoms with E-state index in [2.05, 4.69) is 9.97 Å². The minimum atomic E-state index is 0.0159. The first kappa shape index (κ1) is 16.3. The van der Waals surface area contributed by atoms with E-state index in [0.717, 1.165) is 24.2 Å². The summed E-state index contributed by atoms with van der Waals surface area (Å²) in [6, 6.07) is 11.7. The second kappa shape index (κ2) is 7.00. The summed E-state index contributed by atoms with van der Waals surface area (Å²) >= 11 is 0. The largest absolute Gasteiger partial charge is 0.496 e. The molecule has 1 amide bonds. The molecule has 0 saturated heterocycles. The first-order valence-corrected chi connectivity index (χ1v) is 8.63. The predicted octanol–water partition coefficient (Wildman–Crippen LogP) is 3.08. The molecule has 4 rings (SSSR count). The number of nitrogens with zero attached hydrogens (tertiary/aromatic N) is 4. The van der Waals surface area contributed by atoms with Gasteiger partial charge in [-0.25, -0.2) is 9.97 Å². The van der Waals surface area contributed by atoms with Gasteiger partial charge in [-0.3, -0.25) is 9.36 Å². The number of hydrogen-bond donors (Lipinski definition) is 0. The Morgan fingerprint density at radius 3 is 2.85 bits per heavy atom. The number of rotatable bonds is 6. The zero-order valence-corrected chi connectivity index (χ0v) is 14.6. The molecular formula is C20H20N4O2. The summed E-state index contributed by atoms with van der Waals surface area (Å²) in [6.45, 7) is 0.538. The molecule has 6 nitrogen and oxygen atoms in total. The molecule has 0 bridgehead atoms. The van der Waals surface area contributed by atoms with Gasteiger partial charge in [0.1, 0.15) is 17.9 Å². The molecule has 3 aromatic rings. The Kier molecular flexibility index (Phi) is 4.39. The average Bonchev–Trinajstić information content (AvgIpc) is 3.38. The van der Waals surface area contributed by atoms with E-state index >= 15 is 0 Å². The Morgan fingerprint density at radius 1 is 1.27 bits per heavy atom. The molecule has 2 heterocycles. The van der Waals surface area contributed by atoms with Gasteiger partial charge in [0.2, 0.25) is 0 Å². The van der Waals surface area contributed by atoms with E-state index in [1.54, 1.807) is 36.5 Å². The number of hydrogen-bond acceptors (Lipinski definition) is 4. The maximum atomic E-state index is 13.2. The van der Waals surface area contributed by atoms with Crippen LogP contribution >= 0.6 is 0 Å². The molecule has 0 atom stereocenters. The van der Waals surface area contributed by atoms with Crippen LogP contribution < -0.4 is 4.74 Å². The SMILES string of the molecule is COc1ccccc1CN(C(=O)c1ccnc(-n2ccnc2)c1)C1CC1. The van der Waals surface area contributed by atoms with Gasteiger partial charge in [0.05, 0.1) is 7.11 Å². The van der Waals surface area contributed by atoms with E-state index in [1.807, 2.05) is 41.4 Å². The fourth-order valence-corrected chi connectivity index (χ4v) is 3.02. The van der Waals surface area contributed by atoms with E-state index in [0.29, 0.717) is 17.9 Å². The normalized spacial score (nSPS) is 13.4. The molecule has 132 valence electrons. The summed E-state index contributed by atoms with van der Waals surface area (Å²) in [5.74, 6) is 1.50. The molecule has 0 spiro atoms. The van der Waals surface area contributed by atoms with E-state index < -0.39 is 0 Å². The maximum absolute atomic E-state index is 13.2. The van der Waals surface area contributed by atoms with Gasteiger partial charge in [-0.1, -0.05) is 18.2 Å². The topological polar surface area (TPSA) is 60.2 Å². The average molecular weight is 348 g/mol. The Labute approximate surface area is 152 Å². The van der Waals surface area contributed by atoms with E-state index in [1.165, 1.54) is 0 Å². The smallest absolute Gasteiger partial charge is 0.254 e. The number of carbonyl (C=O) groups is 1. The number of methoxy groups -OCH3 is 1. The van der Waals surface area contributed by atoms with Crippen LogP contribution in [0.15, 0.2) is 61.3 Å². The van der Waals surface area contributed by atoms with Crippen molar-refractivity contribution in [3.8, 4) is 11.6 Å². The van der Waals surface area contributed by atoms with Crippen LogP contribution in [-0.4, -0.2) is 38.5 Å². The molecule has 1 fully saturated rings. The van der Waals surface area contributed by atoms with Gasteiger partial charge in [0.25, 0.3) is 5.91 Å². The summed E-state index contributed by atoms with van der Waals surface area (Å²) in [6.07, 6.45) is 8.92. The van der Waals surface area contributed by atoms with Crippen LogP contribution in [0.25, 0.3) is 5.82 Å². The van der Waals surface area contributed by atoms with E-state index in [9.17, 15) is 4.79 Å². The third kappa shape index (κ3) is 3.31. The van der Waals surface area contributed by atoms with Crippen molar-refractivity contribution in [1.29, 1.82) is 0 Å². The second-order valence-corrected chi connectivity index (χ2v) is 6.35. The van der Waals surface area contributed by atoms with Crippen molar-refractivity contribution in [2.24, 2.45) is 0 Å². The van der Waals surface area contributed by atoms with Crippen molar-refractivity contribution in [2.45, 2.75) is 25.4 Å². The molecule has 0 radical (unpaired) electrons. The molecule has 0 aliphatic heterocycles. The molecule has 1 aliphatic carbocycles. The summed E-state index contributed by atoms with van der Waals surface area (Å²) in [5.41, 5.74) is 1.64. The van der Waals surface area contributed by atoms with E-state index in [-0.39, 0.29) is 11.9 Å². The lowest BCUT2D eigenvalue weighted by molar-refractivity contribution is 0.0728. The zero-order chi connectivity index (χ0) is 17.9. The minimum Gasteiger partial charge on any atom is -0.496 e. The number of imidazole rings is 1. The number of carbonyl (C=O) groups excluding carboxylic acids is 1. The van der Waals surface area contributed by atoms with Crippen molar-refractivity contribution in [3.05, 3.63) is 72.4 Å².